The van der Waals surface area contributed by atoms with E-state index >= 15 is 0 Å². The Hall–Kier alpha value is -8.06. The highest BCUT2D eigenvalue weighted by atomic mass is 32.1. The molecule has 0 atom stereocenters. The van der Waals surface area contributed by atoms with Gasteiger partial charge in [-0.25, -0.2) is 4.99 Å². The third-order valence-electron chi connectivity index (χ3n) is 12.3. The number of aliphatic imine (C=N–C) groups is 1. The summed E-state index contributed by atoms with van der Waals surface area (Å²) in [5.74, 6) is 0.491. The van der Waals surface area contributed by atoms with E-state index in [4.69, 9.17) is 15.7 Å². The molecule has 298 valence electrons. The highest BCUT2D eigenvalue weighted by Crippen LogP contribution is 2.41. The van der Waals surface area contributed by atoms with Crippen LogP contribution in [0.3, 0.4) is 0 Å². The van der Waals surface area contributed by atoms with E-state index in [2.05, 4.69) is 167 Å². The summed E-state index contributed by atoms with van der Waals surface area (Å²) in [4.78, 5) is 9.74. The van der Waals surface area contributed by atoms with Gasteiger partial charge in [0.05, 0.1) is 26.9 Å². The molecule has 6 heteroatoms. The number of nitrogens with two attached hydrogens (primary N) is 1. The Morgan fingerprint density at radius 2 is 1.08 bits per heavy atom. The van der Waals surface area contributed by atoms with Gasteiger partial charge in [0.1, 0.15) is 5.84 Å². The molecule has 0 aliphatic heterocycles. The lowest BCUT2D eigenvalue weighted by Gasteiger charge is -2.10. The molecule has 5 nitrogen and oxygen atoms in total. The number of benzene rings is 8. The quantitative estimate of drug-likeness (QED) is 0.123. The molecule has 2 N–H and O–H groups in total. The van der Waals surface area contributed by atoms with Crippen LogP contribution in [0.1, 0.15) is 11.1 Å². The molecule has 0 saturated carbocycles. The highest BCUT2D eigenvalue weighted by molar-refractivity contribution is 7.26. The smallest absolute Gasteiger partial charge is 0.131 e. The normalized spacial score (nSPS) is 12.4. The van der Waals surface area contributed by atoms with E-state index in [1.165, 1.54) is 80.7 Å². The van der Waals surface area contributed by atoms with Crippen molar-refractivity contribution in [2.24, 2.45) is 10.7 Å². The third kappa shape index (κ3) is 6.30. The molecule has 4 heterocycles. The summed E-state index contributed by atoms with van der Waals surface area (Å²) >= 11 is 1.81. The first kappa shape index (κ1) is 36.8. The van der Waals surface area contributed by atoms with Crippen LogP contribution in [0.5, 0.6) is 0 Å². The SMILES string of the molecule is NC(=N/C(=C\Cn1c2ccccc2c2cc(-c3ccc4c(c3)c3ccccc3n4-c3ccc(-c4ccnc5c4sc4ccccc45)cc3)ccc21)c1ccccc1)c1ccccc1. The number of allylic oxidation sites excluding steroid dienone is 1. The van der Waals surface area contributed by atoms with Crippen molar-refractivity contribution < 1.29 is 0 Å². The maximum atomic E-state index is 6.58. The second-order valence-corrected chi connectivity index (χ2v) is 17.0. The average Bonchev–Trinajstić information content (AvgIpc) is 4.00. The summed E-state index contributed by atoms with van der Waals surface area (Å²) in [6.07, 6.45) is 4.12. The molecule has 0 bridgehead atoms. The van der Waals surface area contributed by atoms with Crippen molar-refractivity contribution in [2.45, 2.75) is 6.54 Å². The Balaban J connectivity index is 0.921. The minimum Gasteiger partial charge on any atom is -0.383 e. The summed E-state index contributed by atoms with van der Waals surface area (Å²) < 4.78 is 7.26. The van der Waals surface area contributed by atoms with Crippen LogP contribution in [0.25, 0.3) is 97.6 Å². The minimum atomic E-state index is 0.491. The maximum Gasteiger partial charge on any atom is 0.131 e. The molecule has 0 spiro atoms. The molecule has 12 aromatic rings. The zero-order valence-electron chi connectivity index (χ0n) is 34.2. The summed E-state index contributed by atoms with van der Waals surface area (Å²) in [5.41, 5.74) is 21.0. The molecule has 4 aromatic heterocycles. The van der Waals surface area contributed by atoms with Crippen molar-refractivity contribution in [2.75, 3.05) is 0 Å². The first-order valence-corrected chi connectivity index (χ1v) is 22.0. The average molecular weight is 826 g/mol. The van der Waals surface area contributed by atoms with Crippen LogP contribution >= 0.6 is 11.3 Å². The van der Waals surface area contributed by atoms with Gasteiger partial charge in [0.2, 0.25) is 0 Å². The van der Waals surface area contributed by atoms with Crippen molar-refractivity contribution in [1.82, 2.24) is 14.1 Å². The number of aromatic nitrogens is 3. The summed E-state index contributed by atoms with van der Waals surface area (Å²) in [6, 6.07) is 71.1. The predicted molar refractivity (Wildman–Crippen MR) is 267 cm³/mol. The van der Waals surface area contributed by atoms with Gasteiger partial charge in [-0.3, -0.25) is 4.98 Å². The van der Waals surface area contributed by atoms with E-state index in [1.807, 2.05) is 66.1 Å². The molecule has 0 aliphatic carbocycles. The van der Waals surface area contributed by atoms with Gasteiger partial charge in [-0.1, -0.05) is 140 Å². The van der Waals surface area contributed by atoms with E-state index in [9.17, 15) is 0 Å². The molecule has 12 rings (SSSR count). The number of para-hydroxylation sites is 2. The van der Waals surface area contributed by atoms with Crippen molar-refractivity contribution in [3.05, 3.63) is 224 Å². The topological polar surface area (TPSA) is 61.1 Å². The summed E-state index contributed by atoms with van der Waals surface area (Å²) in [5, 5.41) is 6.11. The number of nitrogens with zero attached hydrogens (tertiary/aromatic N) is 4. The Kier molecular flexibility index (Phi) is 8.83. The van der Waals surface area contributed by atoms with Crippen molar-refractivity contribution in [3.63, 3.8) is 0 Å². The highest BCUT2D eigenvalue weighted by Gasteiger charge is 2.17. The number of fused-ring (bicyclic) bond motifs is 9. The van der Waals surface area contributed by atoms with Crippen LogP contribution in [0.15, 0.2) is 217 Å². The van der Waals surface area contributed by atoms with Crippen LogP contribution in [-0.4, -0.2) is 20.0 Å². The van der Waals surface area contributed by atoms with Crippen molar-refractivity contribution >= 4 is 86.8 Å². The second-order valence-electron chi connectivity index (χ2n) is 15.9. The second kappa shape index (κ2) is 15.1. The largest absolute Gasteiger partial charge is 0.383 e. The molecule has 0 saturated heterocycles. The lowest BCUT2D eigenvalue weighted by molar-refractivity contribution is 0.899. The number of hydrogen-bond acceptors (Lipinski definition) is 3. The molecule has 63 heavy (non-hydrogen) atoms. The van der Waals surface area contributed by atoms with Crippen LogP contribution in [0, 0.1) is 0 Å². The fourth-order valence-electron chi connectivity index (χ4n) is 9.30. The molecular formula is C57H39N5S. The number of rotatable bonds is 8. The van der Waals surface area contributed by atoms with Crippen LogP contribution < -0.4 is 5.73 Å². The summed E-state index contributed by atoms with van der Waals surface area (Å²) in [7, 11) is 0. The van der Waals surface area contributed by atoms with Gasteiger partial charge >= 0.3 is 0 Å². The van der Waals surface area contributed by atoms with E-state index in [-0.39, 0.29) is 0 Å². The van der Waals surface area contributed by atoms with Crippen LogP contribution in [0.4, 0.5) is 0 Å². The summed E-state index contributed by atoms with van der Waals surface area (Å²) in [6.45, 7) is 0.629. The minimum absolute atomic E-state index is 0.491. The standard InChI is InChI=1S/C57H39N5S/c58-57(39-15-5-2-6-16-39)60-49(38-13-3-1-4-14-38)32-34-61-50-20-10-7-17-44(50)47-35-40(25-29-51(47)61)41-26-30-53-48(36-41)45-18-8-11-21-52(45)62(53)42-27-23-37(24-28-42)43-31-33-59-55-46-19-9-12-22-54(46)63-56(43)55/h1-33,35-36H,34H2,(H2,58,60)/b49-32-. The molecule has 0 radical (unpaired) electrons. The van der Waals surface area contributed by atoms with Gasteiger partial charge < -0.3 is 14.9 Å². The molecule has 0 fully saturated rings. The van der Waals surface area contributed by atoms with Gasteiger partial charge in [-0.2, -0.15) is 0 Å². The predicted octanol–water partition coefficient (Wildman–Crippen LogP) is 14.4. The zero-order chi connectivity index (χ0) is 41.9. The first-order valence-electron chi connectivity index (χ1n) is 21.2. The number of hydrogen-bond donors (Lipinski definition) is 1. The Morgan fingerprint density at radius 1 is 0.524 bits per heavy atom. The van der Waals surface area contributed by atoms with Gasteiger partial charge in [0.15, 0.2) is 0 Å². The lowest BCUT2D eigenvalue weighted by atomic mass is 10.0. The molecule has 0 amide bonds. The number of pyridine rings is 1. The zero-order valence-corrected chi connectivity index (χ0v) is 35.0. The van der Waals surface area contributed by atoms with E-state index in [1.54, 1.807) is 0 Å². The lowest BCUT2D eigenvalue weighted by Crippen LogP contribution is -2.13. The monoisotopic (exact) mass is 825 g/mol. The molecule has 8 aromatic carbocycles. The Morgan fingerprint density at radius 3 is 1.83 bits per heavy atom. The fraction of sp³-hybridized carbons (Fsp3) is 0.0175. The molecule has 0 unspecified atom stereocenters. The van der Waals surface area contributed by atoms with Crippen LogP contribution in [-0.2, 0) is 6.54 Å². The number of amidine groups is 1. The molecule has 0 aliphatic rings. The van der Waals surface area contributed by atoms with E-state index in [0.29, 0.717) is 12.4 Å². The van der Waals surface area contributed by atoms with Crippen LogP contribution in [0.2, 0.25) is 0 Å². The van der Waals surface area contributed by atoms with Gasteiger partial charge in [0, 0.05) is 72.2 Å². The van der Waals surface area contributed by atoms with Gasteiger partial charge in [-0.05, 0) is 89.0 Å². The van der Waals surface area contributed by atoms with E-state index < -0.39 is 0 Å². The van der Waals surface area contributed by atoms with Gasteiger partial charge in [0.25, 0.3) is 0 Å². The Labute approximate surface area is 368 Å². The maximum absolute atomic E-state index is 6.58. The number of thiophene rings is 1. The molecular weight excluding hydrogens is 787 g/mol. The third-order valence-corrected chi connectivity index (χ3v) is 13.5. The first-order chi connectivity index (χ1) is 31.2. The van der Waals surface area contributed by atoms with Crippen molar-refractivity contribution in [1.29, 1.82) is 0 Å². The fourth-order valence-corrected chi connectivity index (χ4v) is 10.5. The van der Waals surface area contributed by atoms with Crippen molar-refractivity contribution in [3.8, 4) is 27.9 Å². The van der Waals surface area contributed by atoms with Gasteiger partial charge in [-0.15, -0.1) is 11.3 Å². The van der Waals surface area contributed by atoms with E-state index in [0.717, 1.165) is 28.0 Å². The Bertz CT molecular complexity index is 3760.